The lowest BCUT2D eigenvalue weighted by Crippen LogP contribution is -2.13. The zero-order valence-corrected chi connectivity index (χ0v) is 12.7. The maximum Gasteiger partial charge on any atom is 0.184 e. The van der Waals surface area contributed by atoms with Crippen LogP contribution in [-0.4, -0.2) is 22.3 Å². The number of halogens is 1. The third-order valence-corrected chi connectivity index (χ3v) is 3.63. The highest BCUT2D eigenvalue weighted by Crippen LogP contribution is 2.28. The number of hydrogen-bond acceptors (Lipinski definition) is 4. The Morgan fingerprint density at radius 1 is 1.14 bits per heavy atom. The summed E-state index contributed by atoms with van der Waals surface area (Å²) in [5.41, 5.74) is 7.95. The second-order valence-corrected chi connectivity index (χ2v) is 5.21. The third-order valence-electron chi connectivity index (χ3n) is 3.37. The average molecular weight is 315 g/mol. The SMILES string of the molecule is COc1ccccc1-c1n[nH]c([C@H](N)c2ccc(Cl)cc2)n1. The molecular formula is C16H15ClN4O. The van der Waals surface area contributed by atoms with Crippen molar-refractivity contribution in [2.24, 2.45) is 5.73 Å². The summed E-state index contributed by atoms with van der Waals surface area (Å²) in [6, 6.07) is 14.5. The average Bonchev–Trinajstić information content (AvgIpc) is 3.04. The molecule has 0 aliphatic carbocycles. The molecule has 6 heteroatoms. The van der Waals surface area contributed by atoms with E-state index in [-0.39, 0.29) is 0 Å². The fourth-order valence-corrected chi connectivity index (χ4v) is 2.32. The molecule has 0 spiro atoms. The number of nitrogens with two attached hydrogens (primary N) is 1. The summed E-state index contributed by atoms with van der Waals surface area (Å²) in [6.07, 6.45) is 0. The van der Waals surface area contributed by atoms with E-state index in [4.69, 9.17) is 22.1 Å². The van der Waals surface area contributed by atoms with Crippen LogP contribution in [-0.2, 0) is 0 Å². The first-order valence-corrected chi connectivity index (χ1v) is 7.13. The number of ether oxygens (including phenoxy) is 1. The van der Waals surface area contributed by atoms with Gasteiger partial charge in [0.1, 0.15) is 11.6 Å². The lowest BCUT2D eigenvalue weighted by atomic mass is 10.1. The monoisotopic (exact) mass is 314 g/mol. The summed E-state index contributed by atoms with van der Waals surface area (Å²) >= 11 is 5.89. The van der Waals surface area contributed by atoms with Crippen molar-refractivity contribution in [3.05, 3.63) is 64.9 Å². The lowest BCUT2D eigenvalue weighted by molar-refractivity contribution is 0.416. The third kappa shape index (κ3) is 2.81. The molecule has 0 fully saturated rings. The van der Waals surface area contributed by atoms with Gasteiger partial charge in [0.05, 0.1) is 18.7 Å². The molecule has 0 aliphatic heterocycles. The van der Waals surface area contributed by atoms with Crippen molar-refractivity contribution < 1.29 is 4.74 Å². The van der Waals surface area contributed by atoms with E-state index in [1.54, 1.807) is 19.2 Å². The Morgan fingerprint density at radius 2 is 1.86 bits per heavy atom. The molecule has 0 unspecified atom stereocenters. The molecule has 5 nitrogen and oxygen atoms in total. The van der Waals surface area contributed by atoms with Crippen LogP contribution in [0.1, 0.15) is 17.4 Å². The number of hydrogen-bond donors (Lipinski definition) is 2. The van der Waals surface area contributed by atoms with E-state index in [0.29, 0.717) is 22.4 Å². The molecule has 0 radical (unpaired) electrons. The van der Waals surface area contributed by atoms with Crippen molar-refractivity contribution in [3.8, 4) is 17.1 Å². The number of rotatable bonds is 4. The van der Waals surface area contributed by atoms with Crippen LogP contribution in [0.4, 0.5) is 0 Å². The van der Waals surface area contributed by atoms with Crippen molar-refractivity contribution in [2.75, 3.05) is 7.11 Å². The van der Waals surface area contributed by atoms with Gasteiger partial charge in [0.15, 0.2) is 5.82 Å². The Kier molecular flexibility index (Phi) is 4.09. The number of nitrogens with zero attached hydrogens (tertiary/aromatic N) is 2. The van der Waals surface area contributed by atoms with E-state index >= 15 is 0 Å². The van der Waals surface area contributed by atoms with Gasteiger partial charge in [0, 0.05) is 5.02 Å². The second-order valence-electron chi connectivity index (χ2n) is 4.77. The number of nitrogens with one attached hydrogen (secondary N) is 1. The highest BCUT2D eigenvalue weighted by atomic mass is 35.5. The molecule has 0 amide bonds. The standard InChI is InChI=1S/C16H15ClN4O/c1-22-13-5-3-2-4-12(13)15-19-16(21-20-15)14(18)10-6-8-11(17)9-7-10/h2-9,14H,18H2,1H3,(H,19,20,21)/t14-/m1/s1. The predicted octanol–water partition coefficient (Wildman–Crippen LogP) is 3.18. The summed E-state index contributed by atoms with van der Waals surface area (Å²) in [7, 11) is 1.62. The highest BCUT2D eigenvalue weighted by Gasteiger charge is 2.16. The quantitative estimate of drug-likeness (QED) is 0.775. The molecule has 1 heterocycles. The molecule has 3 rings (SSSR count). The number of benzene rings is 2. The number of H-pyrrole nitrogens is 1. The molecule has 0 saturated carbocycles. The van der Waals surface area contributed by atoms with Crippen LogP contribution in [0.3, 0.4) is 0 Å². The number of aromatic nitrogens is 3. The number of aromatic amines is 1. The summed E-state index contributed by atoms with van der Waals surface area (Å²) in [4.78, 5) is 4.48. The lowest BCUT2D eigenvalue weighted by Gasteiger charge is -2.08. The Labute approximate surface area is 133 Å². The van der Waals surface area contributed by atoms with Crippen LogP contribution in [0.2, 0.25) is 5.02 Å². The topological polar surface area (TPSA) is 76.8 Å². The van der Waals surface area contributed by atoms with Gasteiger partial charge in [-0.15, -0.1) is 0 Å². The van der Waals surface area contributed by atoms with Crippen molar-refractivity contribution in [3.63, 3.8) is 0 Å². The Balaban J connectivity index is 1.92. The number of methoxy groups -OCH3 is 1. The first-order chi connectivity index (χ1) is 10.7. The highest BCUT2D eigenvalue weighted by molar-refractivity contribution is 6.30. The van der Waals surface area contributed by atoms with Gasteiger partial charge in [-0.2, -0.15) is 5.10 Å². The van der Waals surface area contributed by atoms with E-state index in [2.05, 4.69) is 15.2 Å². The maximum absolute atomic E-state index is 6.22. The normalized spacial score (nSPS) is 12.1. The molecule has 112 valence electrons. The summed E-state index contributed by atoms with van der Waals surface area (Å²) < 4.78 is 5.33. The predicted molar refractivity (Wildman–Crippen MR) is 85.9 cm³/mol. The van der Waals surface area contributed by atoms with E-state index in [1.807, 2.05) is 36.4 Å². The van der Waals surface area contributed by atoms with Crippen LogP contribution in [0.15, 0.2) is 48.5 Å². The van der Waals surface area contributed by atoms with Crippen LogP contribution in [0, 0.1) is 0 Å². The minimum Gasteiger partial charge on any atom is -0.496 e. The van der Waals surface area contributed by atoms with Gasteiger partial charge in [-0.3, -0.25) is 5.10 Å². The smallest absolute Gasteiger partial charge is 0.184 e. The Bertz CT molecular complexity index is 770. The summed E-state index contributed by atoms with van der Waals surface area (Å²) in [6.45, 7) is 0. The zero-order valence-electron chi connectivity index (χ0n) is 12.0. The van der Waals surface area contributed by atoms with E-state index in [0.717, 1.165) is 11.1 Å². The minimum absolute atomic E-state index is 0.395. The van der Waals surface area contributed by atoms with Crippen LogP contribution >= 0.6 is 11.6 Å². The molecule has 0 saturated heterocycles. The largest absolute Gasteiger partial charge is 0.496 e. The van der Waals surface area contributed by atoms with Crippen molar-refractivity contribution in [2.45, 2.75) is 6.04 Å². The Morgan fingerprint density at radius 3 is 2.59 bits per heavy atom. The van der Waals surface area contributed by atoms with Crippen LogP contribution < -0.4 is 10.5 Å². The van der Waals surface area contributed by atoms with Gasteiger partial charge in [-0.1, -0.05) is 35.9 Å². The molecule has 3 N–H and O–H groups in total. The fraction of sp³-hybridized carbons (Fsp3) is 0.125. The van der Waals surface area contributed by atoms with Gasteiger partial charge in [0.25, 0.3) is 0 Å². The molecule has 0 bridgehead atoms. The Hall–Kier alpha value is -2.37. The van der Waals surface area contributed by atoms with Gasteiger partial charge < -0.3 is 10.5 Å². The fourth-order valence-electron chi connectivity index (χ4n) is 2.19. The minimum atomic E-state index is -0.395. The molecule has 0 aliphatic rings. The maximum atomic E-state index is 6.22. The first kappa shape index (κ1) is 14.6. The van der Waals surface area contributed by atoms with Crippen LogP contribution in [0.5, 0.6) is 5.75 Å². The van der Waals surface area contributed by atoms with Gasteiger partial charge in [-0.25, -0.2) is 4.98 Å². The molecular weight excluding hydrogens is 300 g/mol. The molecule has 1 aromatic heterocycles. The summed E-state index contributed by atoms with van der Waals surface area (Å²) in [5.74, 6) is 1.85. The van der Waals surface area contributed by atoms with Crippen molar-refractivity contribution in [1.82, 2.24) is 15.2 Å². The first-order valence-electron chi connectivity index (χ1n) is 6.76. The number of para-hydroxylation sites is 1. The van der Waals surface area contributed by atoms with Crippen LogP contribution in [0.25, 0.3) is 11.4 Å². The molecule has 22 heavy (non-hydrogen) atoms. The van der Waals surface area contributed by atoms with Gasteiger partial charge in [0.2, 0.25) is 0 Å². The van der Waals surface area contributed by atoms with Gasteiger partial charge >= 0.3 is 0 Å². The molecule has 3 aromatic rings. The van der Waals surface area contributed by atoms with E-state index in [1.165, 1.54) is 0 Å². The molecule has 1 atom stereocenters. The zero-order chi connectivity index (χ0) is 15.5. The van der Waals surface area contributed by atoms with Gasteiger partial charge in [-0.05, 0) is 29.8 Å². The molecule has 2 aromatic carbocycles. The summed E-state index contributed by atoms with van der Waals surface area (Å²) in [5, 5.41) is 7.80. The van der Waals surface area contributed by atoms with E-state index < -0.39 is 6.04 Å². The van der Waals surface area contributed by atoms with E-state index in [9.17, 15) is 0 Å². The van der Waals surface area contributed by atoms with Crippen molar-refractivity contribution >= 4 is 11.6 Å². The van der Waals surface area contributed by atoms with Crippen molar-refractivity contribution in [1.29, 1.82) is 0 Å². The second kappa shape index (κ2) is 6.17.